The fourth-order valence-corrected chi connectivity index (χ4v) is 1.91. The Bertz CT molecular complexity index is 473. The van der Waals surface area contributed by atoms with Crippen molar-refractivity contribution in [3.8, 4) is 5.75 Å². The second-order valence-electron chi connectivity index (χ2n) is 4.71. The van der Waals surface area contributed by atoms with E-state index in [0.717, 1.165) is 22.4 Å². The van der Waals surface area contributed by atoms with E-state index in [4.69, 9.17) is 9.47 Å². The van der Waals surface area contributed by atoms with Crippen molar-refractivity contribution >= 4 is 11.5 Å². The van der Waals surface area contributed by atoms with E-state index in [1.165, 1.54) is 0 Å². The van der Waals surface area contributed by atoms with Crippen LogP contribution in [0.5, 0.6) is 5.75 Å². The van der Waals surface area contributed by atoms with Gasteiger partial charge in [-0.15, -0.1) is 0 Å². The molecule has 0 atom stereocenters. The fourth-order valence-electron chi connectivity index (χ4n) is 1.91. The lowest BCUT2D eigenvalue weighted by atomic mass is 9.93. The molecular weight excluding hydrogens is 240 g/mol. The predicted octanol–water partition coefficient (Wildman–Crippen LogP) is 3.61. The van der Waals surface area contributed by atoms with Gasteiger partial charge in [0.1, 0.15) is 5.75 Å². The molecule has 0 fully saturated rings. The number of carbonyl (C=O) groups excluding carboxylic acids is 1. The van der Waals surface area contributed by atoms with E-state index in [1.807, 2.05) is 39.0 Å². The van der Waals surface area contributed by atoms with Gasteiger partial charge in [-0.05, 0) is 37.5 Å². The molecule has 0 aliphatic rings. The zero-order chi connectivity index (χ0) is 14.4. The van der Waals surface area contributed by atoms with E-state index >= 15 is 0 Å². The lowest BCUT2D eigenvalue weighted by molar-refractivity contribution is -0.137. The number of benzene rings is 1. The van der Waals surface area contributed by atoms with Gasteiger partial charge >= 0.3 is 5.97 Å². The van der Waals surface area contributed by atoms with Crippen LogP contribution in [-0.4, -0.2) is 19.7 Å². The molecule has 1 aromatic rings. The SMILES string of the molecule is CCOC(=O)/C=C(/c1cc(C)ccc1OC)C(C)C. The molecule has 0 saturated heterocycles. The van der Waals surface area contributed by atoms with Crippen LogP contribution in [0.4, 0.5) is 0 Å². The van der Waals surface area contributed by atoms with E-state index in [1.54, 1.807) is 20.1 Å². The number of methoxy groups -OCH3 is 1. The van der Waals surface area contributed by atoms with Crippen molar-refractivity contribution in [2.75, 3.05) is 13.7 Å². The Hall–Kier alpha value is -1.77. The first kappa shape index (κ1) is 15.3. The minimum Gasteiger partial charge on any atom is -0.496 e. The molecule has 104 valence electrons. The van der Waals surface area contributed by atoms with Crippen LogP contribution in [0.25, 0.3) is 5.57 Å². The van der Waals surface area contributed by atoms with Gasteiger partial charge in [0.25, 0.3) is 0 Å². The first-order valence-electron chi connectivity index (χ1n) is 6.53. The van der Waals surface area contributed by atoms with E-state index in [-0.39, 0.29) is 11.9 Å². The van der Waals surface area contributed by atoms with Gasteiger partial charge in [-0.3, -0.25) is 0 Å². The summed E-state index contributed by atoms with van der Waals surface area (Å²) in [6, 6.07) is 5.95. The molecule has 1 aromatic carbocycles. The Morgan fingerprint density at radius 1 is 1.37 bits per heavy atom. The molecule has 0 unspecified atom stereocenters. The topological polar surface area (TPSA) is 35.5 Å². The van der Waals surface area contributed by atoms with Crippen LogP contribution in [0.3, 0.4) is 0 Å². The van der Waals surface area contributed by atoms with Crippen LogP contribution in [0, 0.1) is 12.8 Å². The van der Waals surface area contributed by atoms with Gasteiger partial charge in [-0.25, -0.2) is 4.79 Å². The average Bonchev–Trinajstić information content (AvgIpc) is 2.36. The standard InChI is InChI=1S/C16H22O3/c1-6-19-16(17)10-13(11(2)3)14-9-12(4)7-8-15(14)18-5/h7-11H,6H2,1-5H3/b13-10+. The molecule has 0 heterocycles. The molecule has 0 aliphatic heterocycles. The van der Waals surface area contributed by atoms with Gasteiger partial charge in [0, 0.05) is 11.6 Å². The van der Waals surface area contributed by atoms with Crippen LogP contribution < -0.4 is 4.74 Å². The Morgan fingerprint density at radius 2 is 2.05 bits per heavy atom. The number of esters is 1. The maximum atomic E-state index is 11.7. The first-order chi connectivity index (χ1) is 8.99. The fraction of sp³-hybridized carbons (Fsp3) is 0.438. The van der Waals surface area contributed by atoms with Gasteiger partial charge < -0.3 is 9.47 Å². The monoisotopic (exact) mass is 262 g/mol. The number of rotatable bonds is 5. The van der Waals surface area contributed by atoms with Gasteiger partial charge in [0.15, 0.2) is 0 Å². The van der Waals surface area contributed by atoms with Crippen LogP contribution in [0.1, 0.15) is 31.9 Å². The highest BCUT2D eigenvalue weighted by molar-refractivity contribution is 5.92. The average molecular weight is 262 g/mol. The summed E-state index contributed by atoms with van der Waals surface area (Å²) in [5.74, 6) is 0.671. The minimum absolute atomic E-state index is 0.208. The van der Waals surface area contributed by atoms with E-state index in [9.17, 15) is 4.79 Å². The summed E-state index contributed by atoms with van der Waals surface area (Å²) in [5.41, 5.74) is 3.01. The van der Waals surface area contributed by atoms with Crippen molar-refractivity contribution in [2.45, 2.75) is 27.7 Å². The maximum Gasteiger partial charge on any atom is 0.331 e. The van der Waals surface area contributed by atoms with Crippen molar-refractivity contribution in [1.29, 1.82) is 0 Å². The Kier molecular flexibility index (Phi) is 5.61. The number of allylic oxidation sites excluding steroid dienone is 1. The van der Waals surface area contributed by atoms with Crippen molar-refractivity contribution < 1.29 is 14.3 Å². The van der Waals surface area contributed by atoms with Gasteiger partial charge in [-0.1, -0.05) is 25.5 Å². The largest absolute Gasteiger partial charge is 0.496 e. The highest BCUT2D eigenvalue weighted by atomic mass is 16.5. The third-order valence-electron chi connectivity index (χ3n) is 2.85. The van der Waals surface area contributed by atoms with Crippen LogP contribution in [0.2, 0.25) is 0 Å². The van der Waals surface area contributed by atoms with Gasteiger partial charge in [0.05, 0.1) is 13.7 Å². The molecule has 0 radical (unpaired) electrons. The Morgan fingerprint density at radius 3 is 2.58 bits per heavy atom. The number of aryl methyl sites for hydroxylation is 1. The molecule has 0 amide bonds. The molecule has 0 bridgehead atoms. The predicted molar refractivity (Wildman–Crippen MR) is 77.2 cm³/mol. The lowest BCUT2D eigenvalue weighted by Gasteiger charge is -2.16. The van der Waals surface area contributed by atoms with E-state index < -0.39 is 0 Å². The molecule has 1 rings (SSSR count). The summed E-state index contributed by atoms with van der Waals surface area (Å²) in [4.78, 5) is 11.7. The van der Waals surface area contributed by atoms with Crippen molar-refractivity contribution in [1.82, 2.24) is 0 Å². The van der Waals surface area contributed by atoms with Gasteiger partial charge in [0.2, 0.25) is 0 Å². The van der Waals surface area contributed by atoms with Crippen molar-refractivity contribution in [2.24, 2.45) is 5.92 Å². The summed E-state index contributed by atoms with van der Waals surface area (Å²) in [7, 11) is 1.64. The number of carbonyl (C=O) groups is 1. The molecule has 0 spiro atoms. The summed E-state index contributed by atoms with van der Waals surface area (Å²) in [6.45, 7) is 8.30. The van der Waals surface area contributed by atoms with E-state index in [2.05, 4.69) is 0 Å². The molecule has 0 saturated carbocycles. The third-order valence-corrected chi connectivity index (χ3v) is 2.85. The summed E-state index contributed by atoms with van der Waals surface area (Å²) in [5, 5.41) is 0. The highest BCUT2D eigenvalue weighted by Gasteiger charge is 2.14. The number of hydrogen-bond donors (Lipinski definition) is 0. The second-order valence-corrected chi connectivity index (χ2v) is 4.71. The molecule has 0 N–H and O–H groups in total. The molecule has 19 heavy (non-hydrogen) atoms. The molecule has 3 heteroatoms. The Balaban J connectivity index is 3.26. The maximum absolute atomic E-state index is 11.7. The minimum atomic E-state index is -0.310. The van der Waals surface area contributed by atoms with Crippen molar-refractivity contribution in [3.63, 3.8) is 0 Å². The summed E-state index contributed by atoms with van der Waals surface area (Å²) in [6.07, 6.45) is 1.56. The third kappa shape index (κ3) is 4.12. The smallest absolute Gasteiger partial charge is 0.331 e. The summed E-state index contributed by atoms with van der Waals surface area (Å²) >= 11 is 0. The Labute approximate surface area is 115 Å². The van der Waals surface area contributed by atoms with Crippen LogP contribution in [0.15, 0.2) is 24.3 Å². The zero-order valence-electron chi connectivity index (χ0n) is 12.3. The quantitative estimate of drug-likeness (QED) is 0.600. The van der Waals surface area contributed by atoms with Crippen molar-refractivity contribution in [3.05, 3.63) is 35.4 Å². The first-order valence-corrected chi connectivity index (χ1v) is 6.53. The van der Waals surface area contributed by atoms with Crippen LogP contribution >= 0.6 is 0 Å². The normalized spacial score (nSPS) is 11.6. The van der Waals surface area contributed by atoms with Crippen LogP contribution in [-0.2, 0) is 9.53 Å². The van der Waals surface area contributed by atoms with E-state index in [0.29, 0.717) is 6.61 Å². The molecule has 3 nitrogen and oxygen atoms in total. The number of ether oxygens (including phenoxy) is 2. The zero-order valence-corrected chi connectivity index (χ0v) is 12.3. The lowest BCUT2D eigenvalue weighted by Crippen LogP contribution is -2.05. The molecule has 0 aliphatic carbocycles. The molecular formula is C16H22O3. The highest BCUT2D eigenvalue weighted by Crippen LogP contribution is 2.31. The summed E-state index contributed by atoms with van der Waals surface area (Å²) < 4.78 is 10.4. The second kappa shape index (κ2) is 6.98. The number of hydrogen-bond acceptors (Lipinski definition) is 3. The molecule has 0 aromatic heterocycles. The van der Waals surface area contributed by atoms with Gasteiger partial charge in [-0.2, -0.15) is 0 Å².